The molecule has 0 amide bonds. The van der Waals surface area contributed by atoms with Gasteiger partial charge in [-0.25, -0.2) is 34.3 Å². The molecule has 244 valence electrons. The van der Waals surface area contributed by atoms with E-state index in [-0.39, 0.29) is 55.4 Å². The Hall–Kier alpha value is -4.94. The number of anilines is 1. The molecule has 0 fully saturated rings. The van der Waals surface area contributed by atoms with Crippen LogP contribution < -0.4 is 5.32 Å². The third-order valence-corrected chi connectivity index (χ3v) is 8.69. The summed E-state index contributed by atoms with van der Waals surface area (Å²) in [5.74, 6) is 0.177. The van der Waals surface area contributed by atoms with E-state index in [0.29, 0.717) is 34.1 Å². The van der Waals surface area contributed by atoms with Gasteiger partial charge in [-0.05, 0) is 29.8 Å². The molecular weight excluding hydrogens is 707 g/mol. The molecule has 0 aliphatic rings. The second-order valence-corrected chi connectivity index (χ2v) is 12.0. The van der Waals surface area contributed by atoms with E-state index < -0.39 is 22.1 Å². The van der Waals surface area contributed by atoms with Gasteiger partial charge in [-0.1, -0.05) is 23.7 Å². The van der Waals surface area contributed by atoms with Crippen molar-refractivity contribution in [2.24, 2.45) is 0 Å². The summed E-state index contributed by atoms with van der Waals surface area (Å²) in [4.78, 5) is 31.3. The van der Waals surface area contributed by atoms with E-state index in [0.717, 1.165) is 17.7 Å². The Labute approximate surface area is 277 Å². The zero-order valence-electron chi connectivity index (χ0n) is 23.6. The molecule has 9 nitrogen and oxygen atoms in total. The summed E-state index contributed by atoms with van der Waals surface area (Å²) in [6.07, 6.45) is -0.234. The summed E-state index contributed by atoms with van der Waals surface area (Å²) < 4.78 is 90.6. The number of nitrogens with one attached hydrogen (secondary N) is 1. The van der Waals surface area contributed by atoms with Crippen molar-refractivity contribution < 1.29 is 30.7 Å². The SMILES string of the molecule is FC(F)(F)c1cc2c(Cl)nc(-c3cnccn3)nc2s1.Fc1ccc(CNc2nc(-c3cnccn3)nc3sc(C(F)(F)F)cc23)cc1. The number of benzene rings is 1. The summed E-state index contributed by atoms with van der Waals surface area (Å²) in [5, 5.41) is 3.41. The van der Waals surface area contributed by atoms with Crippen LogP contribution in [-0.4, -0.2) is 39.9 Å². The monoisotopic (exact) mass is 721 g/mol. The van der Waals surface area contributed by atoms with Gasteiger partial charge in [-0.2, -0.15) is 26.3 Å². The molecule has 0 saturated carbocycles. The molecule has 0 bridgehead atoms. The van der Waals surface area contributed by atoms with E-state index in [1.54, 1.807) is 12.1 Å². The highest BCUT2D eigenvalue weighted by Crippen LogP contribution is 2.41. The van der Waals surface area contributed by atoms with E-state index in [1.165, 1.54) is 49.3 Å². The van der Waals surface area contributed by atoms with Crippen LogP contribution in [0.2, 0.25) is 5.15 Å². The van der Waals surface area contributed by atoms with Gasteiger partial charge < -0.3 is 5.32 Å². The van der Waals surface area contributed by atoms with Crippen LogP contribution in [0.5, 0.6) is 0 Å². The lowest BCUT2D eigenvalue weighted by molar-refractivity contribution is -0.135. The number of nitrogens with zero attached hydrogens (tertiary/aromatic N) is 8. The molecule has 0 aliphatic heterocycles. The summed E-state index contributed by atoms with van der Waals surface area (Å²) >= 11 is 6.97. The van der Waals surface area contributed by atoms with E-state index in [4.69, 9.17) is 11.6 Å². The molecule has 1 N–H and O–H groups in total. The third kappa shape index (κ3) is 7.45. The zero-order valence-corrected chi connectivity index (χ0v) is 25.9. The first-order valence-corrected chi connectivity index (χ1v) is 15.3. The fourth-order valence-electron chi connectivity index (χ4n) is 4.07. The zero-order chi connectivity index (χ0) is 34.1. The molecule has 0 unspecified atom stereocenters. The molecule has 0 aliphatic carbocycles. The van der Waals surface area contributed by atoms with Crippen molar-refractivity contribution in [3.63, 3.8) is 0 Å². The molecule has 0 radical (unpaired) electrons. The number of fused-ring (bicyclic) bond motifs is 2. The van der Waals surface area contributed by atoms with E-state index >= 15 is 0 Å². The highest BCUT2D eigenvalue weighted by Gasteiger charge is 2.34. The van der Waals surface area contributed by atoms with Crippen LogP contribution in [0.3, 0.4) is 0 Å². The lowest BCUT2D eigenvalue weighted by atomic mass is 10.2. The van der Waals surface area contributed by atoms with Gasteiger partial charge in [0, 0.05) is 36.7 Å². The van der Waals surface area contributed by atoms with Crippen molar-refractivity contribution in [1.82, 2.24) is 39.9 Å². The fraction of sp³-hybridized carbons (Fsp3) is 0.103. The number of thiophene rings is 2. The van der Waals surface area contributed by atoms with Crippen LogP contribution in [-0.2, 0) is 18.9 Å². The summed E-state index contributed by atoms with van der Waals surface area (Å²) in [6, 6.07) is 7.75. The summed E-state index contributed by atoms with van der Waals surface area (Å²) in [5.41, 5.74) is 1.44. The minimum atomic E-state index is -4.48. The first-order valence-electron chi connectivity index (χ1n) is 13.3. The third-order valence-electron chi connectivity index (χ3n) is 6.26. The lowest BCUT2D eigenvalue weighted by Crippen LogP contribution is -2.04. The van der Waals surface area contributed by atoms with Gasteiger partial charge in [-0.15, -0.1) is 22.7 Å². The Bertz CT molecular complexity index is 2190. The second kappa shape index (κ2) is 13.3. The minimum absolute atomic E-state index is 0.0394. The standard InChI is InChI=1S/C18H11F4N5S.C11H4ClF3N4S/c19-11-3-1-10(2-4-11)8-25-15-12-7-14(18(20,21)22)28-17(12)27-16(26-15)13-9-23-5-6-24-13;12-8-5-3-7(11(13,14)15)20-10(5)19-9(18-8)6-4-16-1-2-17-6/h1-7,9H,8H2,(H,25,26,27);1-4H. The van der Waals surface area contributed by atoms with Crippen molar-refractivity contribution >= 4 is 60.5 Å². The minimum Gasteiger partial charge on any atom is -0.365 e. The number of hydrogen-bond donors (Lipinski definition) is 1. The average molecular weight is 722 g/mol. The van der Waals surface area contributed by atoms with Gasteiger partial charge in [0.2, 0.25) is 0 Å². The van der Waals surface area contributed by atoms with Gasteiger partial charge in [-0.3, -0.25) is 9.97 Å². The predicted octanol–water partition coefficient (Wildman–Crippen LogP) is 8.74. The van der Waals surface area contributed by atoms with Crippen LogP contribution in [0.1, 0.15) is 15.3 Å². The number of halogens is 8. The molecule has 48 heavy (non-hydrogen) atoms. The van der Waals surface area contributed by atoms with Crippen molar-refractivity contribution in [2.45, 2.75) is 18.9 Å². The highest BCUT2D eigenvalue weighted by atomic mass is 35.5. The Kier molecular flexibility index (Phi) is 9.13. The second-order valence-electron chi connectivity index (χ2n) is 9.55. The molecule has 19 heteroatoms. The predicted molar refractivity (Wildman–Crippen MR) is 166 cm³/mol. The van der Waals surface area contributed by atoms with Crippen LogP contribution in [0, 0.1) is 5.82 Å². The molecule has 0 spiro atoms. The Morgan fingerprint density at radius 3 is 1.71 bits per heavy atom. The Balaban J connectivity index is 0.000000177. The van der Waals surface area contributed by atoms with Crippen LogP contribution in [0.15, 0.2) is 73.6 Å². The number of rotatable bonds is 5. The van der Waals surface area contributed by atoms with E-state index in [2.05, 4.69) is 45.2 Å². The van der Waals surface area contributed by atoms with Gasteiger partial charge in [0.1, 0.15) is 47.6 Å². The van der Waals surface area contributed by atoms with Crippen LogP contribution in [0.25, 0.3) is 43.5 Å². The summed E-state index contributed by atoms with van der Waals surface area (Å²) in [6.45, 7) is 0.253. The average Bonchev–Trinajstić information content (AvgIpc) is 3.72. The first-order chi connectivity index (χ1) is 22.8. The quantitative estimate of drug-likeness (QED) is 0.138. The van der Waals surface area contributed by atoms with Crippen molar-refractivity contribution in [2.75, 3.05) is 5.32 Å². The number of hydrogen-bond acceptors (Lipinski definition) is 11. The van der Waals surface area contributed by atoms with E-state index in [1.807, 2.05) is 0 Å². The maximum absolute atomic E-state index is 13.2. The van der Waals surface area contributed by atoms with Crippen LogP contribution in [0.4, 0.5) is 36.6 Å². The first kappa shape index (κ1) is 33.0. The van der Waals surface area contributed by atoms with Gasteiger partial charge in [0.25, 0.3) is 0 Å². The fourth-order valence-corrected chi connectivity index (χ4v) is 6.15. The van der Waals surface area contributed by atoms with Crippen LogP contribution >= 0.6 is 34.3 Å². The topological polar surface area (TPSA) is 115 Å². The van der Waals surface area contributed by atoms with E-state index in [9.17, 15) is 30.7 Å². The molecule has 6 aromatic heterocycles. The number of aromatic nitrogens is 8. The largest absolute Gasteiger partial charge is 0.425 e. The highest BCUT2D eigenvalue weighted by molar-refractivity contribution is 7.19. The molecule has 7 rings (SSSR count). The molecule has 0 atom stereocenters. The normalized spacial score (nSPS) is 11.8. The van der Waals surface area contributed by atoms with Crippen molar-refractivity contribution in [3.05, 3.63) is 99.9 Å². The maximum Gasteiger partial charge on any atom is 0.425 e. The molecule has 1 aromatic carbocycles. The molecule has 7 aromatic rings. The summed E-state index contributed by atoms with van der Waals surface area (Å²) in [7, 11) is 0. The van der Waals surface area contributed by atoms with Crippen molar-refractivity contribution in [3.8, 4) is 23.0 Å². The molecular formula is C29H15ClF7N9S2. The molecule has 6 heterocycles. The maximum atomic E-state index is 13.2. The van der Waals surface area contributed by atoms with Crippen molar-refractivity contribution in [1.29, 1.82) is 0 Å². The number of alkyl halides is 6. The van der Waals surface area contributed by atoms with Gasteiger partial charge in [0.05, 0.1) is 17.8 Å². The van der Waals surface area contributed by atoms with Gasteiger partial charge in [0.15, 0.2) is 11.6 Å². The Morgan fingerprint density at radius 2 is 1.19 bits per heavy atom. The smallest absolute Gasteiger partial charge is 0.365 e. The Morgan fingerprint density at radius 1 is 0.667 bits per heavy atom. The molecule has 0 saturated heterocycles. The lowest BCUT2D eigenvalue weighted by Gasteiger charge is -2.09. The van der Waals surface area contributed by atoms with Gasteiger partial charge >= 0.3 is 12.4 Å².